The first-order valence-electron chi connectivity index (χ1n) is 6.13. The van der Waals surface area contributed by atoms with Gasteiger partial charge in [-0.25, -0.2) is 0 Å². The molecule has 0 radical (unpaired) electrons. The second kappa shape index (κ2) is 4.82. The minimum atomic E-state index is -0.485. The van der Waals surface area contributed by atoms with Crippen LogP contribution in [0.1, 0.15) is 12.7 Å². The van der Waals surface area contributed by atoms with Gasteiger partial charge >= 0.3 is 0 Å². The van der Waals surface area contributed by atoms with Crippen LogP contribution in [0.2, 0.25) is 5.02 Å². The van der Waals surface area contributed by atoms with E-state index in [1.54, 1.807) is 0 Å². The van der Waals surface area contributed by atoms with Crippen LogP contribution in [0.25, 0.3) is 0 Å². The molecule has 2 N–H and O–H groups in total. The number of nitrogens with two attached hydrogens (primary N) is 1. The molecular formula is C14H13BrClN3O. The normalized spacial score (nSPS) is 22.1. The summed E-state index contributed by atoms with van der Waals surface area (Å²) in [5, 5.41) is 0.629. The Balaban J connectivity index is 2.11. The van der Waals surface area contributed by atoms with Gasteiger partial charge < -0.3 is 10.2 Å². The van der Waals surface area contributed by atoms with E-state index in [2.05, 4.69) is 20.9 Å². The van der Waals surface area contributed by atoms with Crippen LogP contribution in [-0.4, -0.2) is 12.5 Å². The van der Waals surface area contributed by atoms with Gasteiger partial charge in [0.15, 0.2) is 10.6 Å². The van der Waals surface area contributed by atoms with E-state index >= 15 is 0 Å². The molecule has 0 saturated carbocycles. The first kappa shape index (κ1) is 13.5. The maximum absolute atomic E-state index is 6.30. The Morgan fingerprint density at radius 2 is 2.10 bits per heavy atom. The van der Waals surface area contributed by atoms with Crippen LogP contribution in [0.3, 0.4) is 0 Å². The second-order valence-electron chi connectivity index (χ2n) is 4.84. The van der Waals surface area contributed by atoms with Crippen LogP contribution >= 0.6 is 27.5 Å². The van der Waals surface area contributed by atoms with E-state index in [4.69, 9.17) is 21.8 Å². The van der Waals surface area contributed by atoms with Gasteiger partial charge in [0.05, 0.1) is 17.3 Å². The lowest BCUT2D eigenvalue weighted by Crippen LogP contribution is -2.47. The van der Waals surface area contributed by atoms with Gasteiger partial charge in [-0.2, -0.15) is 0 Å². The summed E-state index contributed by atoms with van der Waals surface area (Å²) in [4.78, 5) is 6.28. The summed E-state index contributed by atoms with van der Waals surface area (Å²) in [6.45, 7) is 2.55. The van der Waals surface area contributed by atoms with E-state index in [9.17, 15) is 0 Å². The molecule has 0 aliphatic carbocycles. The molecule has 1 atom stereocenters. The van der Waals surface area contributed by atoms with Crippen LogP contribution in [0.5, 0.6) is 0 Å². The van der Waals surface area contributed by atoms with Crippen molar-refractivity contribution < 1.29 is 4.42 Å². The summed E-state index contributed by atoms with van der Waals surface area (Å²) in [7, 11) is 0. The molecule has 0 spiro atoms. The Labute approximate surface area is 130 Å². The molecular weight excluding hydrogens is 342 g/mol. The van der Waals surface area contributed by atoms with E-state index in [0.717, 1.165) is 11.4 Å². The predicted molar refractivity (Wildman–Crippen MR) is 84.2 cm³/mol. The fourth-order valence-electron chi connectivity index (χ4n) is 2.44. The highest BCUT2D eigenvalue weighted by atomic mass is 79.9. The van der Waals surface area contributed by atoms with Crippen LogP contribution in [-0.2, 0) is 5.54 Å². The summed E-state index contributed by atoms with van der Waals surface area (Å²) in [5.74, 6) is 1.22. The lowest BCUT2D eigenvalue weighted by molar-refractivity contribution is 0.378. The molecule has 20 heavy (non-hydrogen) atoms. The first-order valence-corrected chi connectivity index (χ1v) is 7.30. The topological polar surface area (TPSA) is 54.8 Å². The number of hydrogen-bond donors (Lipinski definition) is 1. The highest BCUT2D eigenvalue weighted by Gasteiger charge is 2.43. The van der Waals surface area contributed by atoms with Gasteiger partial charge in [-0.15, -0.1) is 0 Å². The SMILES string of the molecule is CC1(c2ccc(Br)o2)CN=C(N)N1c1ccccc1Cl. The number of benzene rings is 1. The molecule has 104 valence electrons. The zero-order valence-electron chi connectivity index (χ0n) is 10.8. The molecule has 2 heterocycles. The number of anilines is 1. The van der Waals surface area contributed by atoms with Crippen molar-refractivity contribution in [2.24, 2.45) is 10.7 Å². The highest BCUT2D eigenvalue weighted by Crippen LogP contribution is 2.40. The number of para-hydroxylation sites is 1. The molecule has 2 aromatic rings. The van der Waals surface area contributed by atoms with Crippen molar-refractivity contribution in [2.75, 3.05) is 11.4 Å². The van der Waals surface area contributed by atoms with Crippen molar-refractivity contribution in [1.29, 1.82) is 0 Å². The average Bonchev–Trinajstić information content (AvgIpc) is 2.97. The third kappa shape index (κ3) is 2.01. The van der Waals surface area contributed by atoms with Gasteiger partial charge in [0.25, 0.3) is 0 Å². The summed E-state index contributed by atoms with van der Waals surface area (Å²) >= 11 is 9.63. The number of halogens is 2. The van der Waals surface area contributed by atoms with Crippen LogP contribution in [0, 0.1) is 0 Å². The van der Waals surface area contributed by atoms with E-state index in [-0.39, 0.29) is 0 Å². The van der Waals surface area contributed by atoms with Gasteiger partial charge in [-0.05, 0) is 47.1 Å². The number of rotatable bonds is 2. The molecule has 1 unspecified atom stereocenters. The molecule has 1 aromatic heterocycles. The third-order valence-corrected chi connectivity index (χ3v) is 4.21. The monoisotopic (exact) mass is 353 g/mol. The van der Waals surface area contributed by atoms with E-state index in [1.165, 1.54) is 0 Å². The second-order valence-corrected chi connectivity index (χ2v) is 6.03. The standard InChI is InChI=1S/C14H13BrClN3O/c1-14(11-6-7-12(15)20-11)8-18-13(17)19(14)10-5-3-2-4-9(10)16/h2-7H,8H2,1H3,(H2,17,18). The van der Waals surface area contributed by atoms with Crippen LogP contribution in [0.4, 0.5) is 5.69 Å². The highest BCUT2D eigenvalue weighted by molar-refractivity contribution is 9.10. The largest absolute Gasteiger partial charge is 0.452 e. The summed E-state index contributed by atoms with van der Waals surface area (Å²) in [5.41, 5.74) is 6.40. The average molecular weight is 355 g/mol. The number of furan rings is 1. The minimum absolute atomic E-state index is 0.438. The Morgan fingerprint density at radius 3 is 2.75 bits per heavy atom. The van der Waals surface area contributed by atoms with Gasteiger partial charge in [-0.1, -0.05) is 23.7 Å². The summed E-state index contributed by atoms with van der Waals surface area (Å²) in [6.07, 6.45) is 0. The van der Waals surface area contributed by atoms with E-state index < -0.39 is 5.54 Å². The molecule has 1 aliphatic rings. The molecule has 0 fully saturated rings. The molecule has 1 aliphatic heterocycles. The Morgan fingerprint density at radius 1 is 1.35 bits per heavy atom. The first-order chi connectivity index (χ1) is 9.52. The maximum Gasteiger partial charge on any atom is 0.196 e. The lowest BCUT2D eigenvalue weighted by Gasteiger charge is -2.34. The molecule has 0 amide bonds. The number of hydrogen-bond acceptors (Lipinski definition) is 4. The Kier molecular flexibility index (Phi) is 3.26. The van der Waals surface area contributed by atoms with Crippen molar-refractivity contribution in [2.45, 2.75) is 12.5 Å². The molecule has 0 bridgehead atoms. The van der Waals surface area contributed by atoms with Crippen molar-refractivity contribution in [3.05, 3.63) is 51.9 Å². The molecule has 0 saturated heterocycles. The quantitative estimate of drug-likeness (QED) is 0.893. The van der Waals surface area contributed by atoms with Crippen molar-refractivity contribution in [1.82, 2.24) is 0 Å². The summed E-state index contributed by atoms with van der Waals surface area (Å²) < 4.78 is 6.39. The lowest BCUT2D eigenvalue weighted by atomic mass is 9.97. The van der Waals surface area contributed by atoms with Crippen LogP contribution in [0.15, 0.2) is 50.5 Å². The van der Waals surface area contributed by atoms with Gasteiger partial charge in [0.1, 0.15) is 11.3 Å². The van der Waals surface area contributed by atoms with Gasteiger partial charge in [-0.3, -0.25) is 9.89 Å². The van der Waals surface area contributed by atoms with Gasteiger partial charge in [0.2, 0.25) is 0 Å². The Bertz CT molecular complexity index is 685. The zero-order chi connectivity index (χ0) is 14.3. The fraction of sp³-hybridized carbons (Fsp3) is 0.214. The minimum Gasteiger partial charge on any atom is -0.452 e. The van der Waals surface area contributed by atoms with Crippen molar-refractivity contribution >= 4 is 39.2 Å². The molecule has 4 nitrogen and oxygen atoms in total. The predicted octanol–water partition coefficient (Wildman–Crippen LogP) is 3.75. The third-order valence-electron chi connectivity index (χ3n) is 3.47. The smallest absolute Gasteiger partial charge is 0.196 e. The Hall–Kier alpha value is -1.46. The number of guanidine groups is 1. The maximum atomic E-state index is 6.30. The zero-order valence-corrected chi connectivity index (χ0v) is 13.1. The van der Waals surface area contributed by atoms with E-state index in [1.807, 2.05) is 48.2 Å². The summed E-state index contributed by atoms with van der Waals surface area (Å²) in [6, 6.07) is 11.3. The number of nitrogens with zero attached hydrogens (tertiary/aromatic N) is 2. The fourth-order valence-corrected chi connectivity index (χ4v) is 2.97. The molecule has 3 rings (SSSR count). The van der Waals surface area contributed by atoms with E-state index in [0.29, 0.717) is 22.2 Å². The molecule has 6 heteroatoms. The van der Waals surface area contributed by atoms with Gasteiger partial charge in [0, 0.05) is 0 Å². The van der Waals surface area contributed by atoms with Crippen molar-refractivity contribution in [3.8, 4) is 0 Å². The number of aliphatic imine (C=N–C) groups is 1. The van der Waals surface area contributed by atoms with Crippen molar-refractivity contribution in [3.63, 3.8) is 0 Å². The molecule has 1 aromatic carbocycles. The van der Waals surface area contributed by atoms with Crippen LogP contribution < -0.4 is 10.6 Å².